The highest BCUT2D eigenvalue weighted by molar-refractivity contribution is 8.76. The molecule has 0 atom stereocenters. The van der Waals surface area contributed by atoms with Crippen LogP contribution in [-0.4, -0.2) is 23.3 Å². The summed E-state index contributed by atoms with van der Waals surface area (Å²) in [5.41, 5.74) is 0. The van der Waals surface area contributed by atoms with Crippen LogP contribution < -0.4 is 0 Å². The van der Waals surface area contributed by atoms with Gasteiger partial charge < -0.3 is 4.90 Å². The molecule has 0 fully saturated rings. The second-order valence-corrected chi connectivity index (χ2v) is 3.01. The van der Waals surface area contributed by atoms with Crippen LogP contribution in [0.2, 0.25) is 0 Å². The predicted octanol–water partition coefficient (Wildman–Crippen LogP) is 1.41. The highest BCUT2D eigenvalue weighted by Crippen LogP contribution is 2.09. The van der Waals surface area contributed by atoms with Crippen LogP contribution in [0.4, 0.5) is 0 Å². The van der Waals surface area contributed by atoms with Gasteiger partial charge in [0.1, 0.15) is 4.32 Å². The Morgan fingerprint density at radius 2 is 2.14 bits per heavy atom. The SMILES string of the molecule is CN(C)C(=S)SS. The lowest BCUT2D eigenvalue weighted by Crippen LogP contribution is -2.14. The minimum absolute atomic E-state index is 0.795. The normalized spacial score (nSPS) is 8.43. The van der Waals surface area contributed by atoms with Gasteiger partial charge in [-0.2, -0.15) is 0 Å². The van der Waals surface area contributed by atoms with Gasteiger partial charge >= 0.3 is 0 Å². The van der Waals surface area contributed by atoms with Crippen molar-refractivity contribution in [3.8, 4) is 0 Å². The summed E-state index contributed by atoms with van der Waals surface area (Å²) in [5.74, 6) is 0. The van der Waals surface area contributed by atoms with E-state index < -0.39 is 0 Å². The van der Waals surface area contributed by atoms with Crippen LogP contribution in [0.1, 0.15) is 0 Å². The second-order valence-electron chi connectivity index (χ2n) is 1.25. The molecule has 0 aliphatic rings. The van der Waals surface area contributed by atoms with Gasteiger partial charge in [-0.15, -0.1) is 11.7 Å². The molecule has 7 heavy (non-hydrogen) atoms. The standard InChI is InChI=1S/C3H7NS3/c1-4(2)3(5)7-6/h6H,1-2H3. The van der Waals surface area contributed by atoms with E-state index in [1.54, 1.807) is 0 Å². The molecular weight excluding hydrogens is 146 g/mol. The van der Waals surface area contributed by atoms with E-state index in [-0.39, 0.29) is 0 Å². The van der Waals surface area contributed by atoms with E-state index in [1.165, 1.54) is 10.8 Å². The Morgan fingerprint density at radius 1 is 1.71 bits per heavy atom. The first-order valence-corrected chi connectivity index (χ1v) is 3.99. The Hall–Kier alpha value is 0.590. The van der Waals surface area contributed by atoms with E-state index in [2.05, 4.69) is 11.7 Å². The van der Waals surface area contributed by atoms with E-state index in [0.29, 0.717) is 0 Å². The molecule has 0 heterocycles. The van der Waals surface area contributed by atoms with Crippen LogP contribution in [0.25, 0.3) is 0 Å². The minimum atomic E-state index is 0.795. The van der Waals surface area contributed by atoms with Gasteiger partial charge in [-0.1, -0.05) is 12.2 Å². The smallest absolute Gasteiger partial charge is 0.146 e. The van der Waals surface area contributed by atoms with Crippen LogP contribution in [0, 0.1) is 0 Å². The summed E-state index contributed by atoms with van der Waals surface area (Å²) < 4.78 is 0.795. The zero-order chi connectivity index (χ0) is 5.86. The number of nitrogens with zero attached hydrogens (tertiary/aromatic N) is 1. The molecule has 0 saturated heterocycles. The zero-order valence-corrected chi connectivity index (χ0v) is 6.74. The maximum atomic E-state index is 4.79. The van der Waals surface area contributed by atoms with Crippen molar-refractivity contribution in [3.63, 3.8) is 0 Å². The first-order valence-electron chi connectivity index (χ1n) is 1.71. The Labute approximate surface area is 58.3 Å². The topological polar surface area (TPSA) is 3.24 Å². The summed E-state index contributed by atoms with van der Waals surface area (Å²) in [5, 5.41) is 0. The lowest BCUT2D eigenvalue weighted by Gasteiger charge is -2.08. The van der Waals surface area contributed by atoms with Crippen molar-refractivity contribution in [2.75, 3.05) is 14.1 Å². The molecule has 42 valence electrons. The highest BCUT2D eigenvalue weighted by atomic mass is 33.1. The van der Waals surface area contributed by atoms with E-state index in [0.717, 1.165) is 4.32 Å². The number of thiocarbonyl (C=S) groups is 1. The third kappa shape index (κ3) is 3.20. The maximum Gasteiger partial charge on any atom is 0.146 e. The minimum Gasteiger partial charge on any atom is -0.363 e. The molecule has 0 aliphatic heterocycles. The van der Waals surface area contributed by atoms with Gasteiger partial charge in [0.05, 0.1) is 0 Å². The van der Waals surface area contributed by atoms with Crippen molar-refractivity contribution in [2.45, 2.75) is 0 Å². The molecule has 0 bridgehead atoms. The summed E-state index contributed by atoms with van der Waals surface area (Å²) in [6, 6.07) is 0. The van der Waals surface area contributed by atoms with Crippen molar-refractivity contribution in [1.82, 2.24) is 4.90 Å². The van der Waals surface area contributed by atoms with Crippen molar-refractivity contribution < 1.29 is 0 Å². The summed E-state index contributed by atoms with van der Waals surface area (Å²) in [4.78, 5) is 1.84. The molecule has 0 N–H and O–H groups in total. The predicted molar refractivity (Wildman–Crippen MR) is 42.9 cm³/mol. The summed E-state index contributed by atoms with van der Waals surface area (Å²) >= 11 is 8.68. The van der Waals surface area contributed by atoms with Gasteiger partial charge in [0.25, 0.3) is 0 Å². The Bertz CT molecular complexity index is 70.6. The molecule has 1 nitrogen and oxygen atoms in total. The molecule has 0 saturated carbocycles. The molecule has 0 aromatic rings. The Balaban J connectivity index is 3.35. The molecule has 0 rings (SSSR count). The number of rotatable bonds is 0. The summed E-state index contributed by atoms with van der Waals surface area (Å²) in [7, 11) is 5.07. The van der Waals surface area contributed by atoms with E-state index in [1.807, 2.05) is 19.0 Å². The van der Waals surface area contributed by atoms with Gasteiger partial charge in [0.15, 0.2) is 0 Å². The first kappa shape index (κ1) is 7.59. The third-order valence-corrected chi connectivity index (χ3v) is 2.47. The van der Waals surface area contributed by atoms with Crippen molar-refractivity contribution in [1.29, 1.82) is 0 Å². The number of hydrogen-bond acceptors (Lipinski definition) is 3. The van der Waals surface area contributed by atoms with E-state index >= 15 is 0 Å². The van der Waals surface area contributed by atoms with Gasteiger partial charge in [0, 0.05) is 14.1 Å². The molecule has 4 heteroatoms. The van der Waals surface area contributed by atoms with E-state index in [4.69, 9.17) is 12.2 Å². The van der Waals surface area contributed by atoms with Gasteiger partial charge in [-0.25, -0.2) is 0 Å². The molecule has 0 amide bonds. The summed E-state index contributed by atoms with van der Waals surface area (Å²) in [6.07, 6.45) is 0. The first-order chi connectivity index (χ1) is 3.18. The number of hydrogen-bond donors (Lipinski definition) is 1. The van der Waals surface area contributed by atoms with Crippen LogP contribution in [0.3, 0.4) is 0 Å². The molecule has 0 spiro atoms. The lowest BCUT2D eigenvalue weighted by molar-refractivity contribution is 0.648. The fourth-order valence-corrected chi connectivity index (χ4v) is 0.735. The highest BCUT2D eigenvalue weighted by Gasteiger charge is 1.91. The Morgan fingerprint density at radius 3 is 2.14 bits per heavy atom. The second kappa shape index (κ2) is 3.57. The molecule has 0 radical (unpaired) electrons. The van der Waals surface area contributed by atoms with Crippen molar-refractivity contribution in [2.24, 2.45) is 0 Å². The lowest BCUT2D eigenvalue weighted by atomic mass is 11.0. The van der Waals surface area contributed by atoms with E-state index in [9.17, 15) is 0 Å². The Kier molecular flexibility index (Phi) is 3.88. The van der Waals surface area contributed by atoms with Crippen LogP contribution in [0.5, 0.6) is 0 Å². The fourth-order valence-electron chi connectivity index (χ4n) is 0.0816. The molecule has 0 aromatic heterocycles. The van der Waals surface area contributed by atoms with Crippen molar-refractivity contribution >= 4 is 39.0 Å². The summed E-state index contributed by atoms with van der Waals surface area (Å²) in [6.45, 7) is 0. The molecule has 0 aliphatic carbocycles. The quantitative estimate of drug-likeness (QED) is 0.319. The fraction of sp³-hybridized carbons (Fsp3) is 0.667. The molecular formula is C3H7NS3. The average molecular weight is 153 g/mol. The molecule has 0 unspecified atom stereocenters. The largest absolute Gasteiger partial charge is 0.363 e. The van der Waals surface area contributed by atoms with Crippen LogP contribution in [-0.2, 0) is 0 Å². The third-order valence-electron chi connectivity index (χ3n) is 0.443. The van der Waals surface area contributed by atoms with Gasteiger partial charge in [-0.3, -0.25) is 0 Å². The van der Waals surface area contributed by atoms with Crippen molar-refractivity contribution in [3.05, 3.63) is 0 Å². The van der Waals surface area contributed by atoms with Gasteiger partial charge in [-0.05, 0) is 10.8 Å². The monoisotopic (exact) mass is 153 g/mol. The molecule has 0 aromatic carbocycles. The van der Waals surface area contributed by atoms with Crippen LogP contribution in [0.15, 0.2) is 0 Å². The van der Waals surface area contributed by atoms with Gasteiger partial charge in [0.2, 0.25) is 0 Å². The maximum absolute atomic E-state index is 4.79. The van der Waals surface area contributed by atoms with Crippen LogP contribution >= 0.6 is 34.7 Å². The number of thiol groups is 1. The average Bonchev–Trinajstić information content (AvgIpc) is 1.65. The zero-order valence-electron chi connectivity index (χ0n) is 4.21.